The molecule has 0 fully saturated rings. The van der Waals surface area contributed by atoms with Crippen LogP contribution in [0.2, 0.25) is 5.32 Å². The van der Waals surface area contributed by atoms with Crippen LogP contribution in [0.25, 0.3) is 0 Å². The van der Waals surface area contributed by atoms with Crippen molar-refractivity contribution in [2.45, 2.75) is 57.4 Å². The molecule has 1 nitrogen and oxygen atoms in total. The molecule has 1 atom stereocenters. The van der Waals surface area contributed by atoms with Gasteiger partial charge in [0.05, 0.1) is 0 Å². The first-order valence-corrected chi connectivity index (χ1v) is 10.8. The van der Waals surface area contributed by atoms with Crippen molar-refractivity contribution in [2.24, 2.45) is 0 Å². The molecule has 2 rings (SSSR count). The van der Waals surface area contributed by atoms with E-state index < -0.39 is 0 Å². The first-order valence-electron chi connectivity index (χ1n) is 8.69. The summed E-state index contributed by atoms with van der Waals surface area (Å²) >= 11 is 0.487. The molecule has 0 aromatic heterocycles. The molecule has 0 bridgehead atoms. The molecule has 0 spiro atoms. The maximum atomic E-state index is 6.29. The zero-order chi connectivity index (χ0) is 16.3. The van der Waals surface area contributed by atoms with E-state index in [2.05, 4.69) is 68.4 Å². The molecule has 0 amide bonds. The Morgan fingerprint density at radius 2 is 1.65 bits per heavy atom. The fraction of sp³-hybridized carbons (Fsp3) is 0.429. The molecule has 124 valence electrons. The fourth-order valence-corrected chi connectivity index (χ4v) is 4.51. The van der Waals surface area contributed by atoms with Crippen LogP contribution in [0.4, 0.5) is 0 Å². The number of hydrogen-bond acceptors (Lipinski definition) is 1. The van der Waals surface area contributed by atoms with E-state index in [9.17, 15) is 0 Å². The Morgan fingerprint density at radius 1 is 0.913 bits per heavy atom. The van der Waals surface area contributed by atoms with Gasteiger partial charge in [-0.1, -0.05) is 0 Å². The number of ether oxygens (including phenoxy) is 1. The monoisotopic (exact) mass is 376 g/mol. The van der Waals surface area contributed by atoms with Crippen LogP contribution in [-0.2, 0) is 0 Å². The van der Waals surface area contributed by atoms with Crippen LogP contribution in [0.1, 0.15) is 44.6 Å². The maximum absolute atomic E-state index is 6.29. The molecule has 0 saturated heterocycles. The minimum absolute atomic E-state index is 0.342. The number of unbranched alkanes of at least 4 members (excludes halogenated alkanes) is 3. The van der Waals surface area contributed by atoms with E-state index in [1.807, 2.05) is 0 Å². The van der Waals surface area contributed by atoms with E-state index in [-0.39, 0.29) is 0 Å². The molecule has 1 unspecified atom stereocenters. The van der Waals surface area contributed by atoms with E-state index in [1.165, 1.54) is 42.1 Å². The molecule has 0 aliphatic heterocycles. The fourth-order valence-electron chi connectivity index (χ4n) is 2.49. The zero-order valence-corrected chi connectivity index (χ0v) is 16.0. The molecule has 2 aromatic rings. The Balaban J connectivity index is 1.89. The van der Waals surface area contributed by atoms with Gasteiger partial charge in [-0.15, -0.1) is 0 Å². The van der Waals surface area contributed by atoms with Crippen molar-refractivity contribution >= 4 is 19.4 Å². The predicted octanol–water partition coefficient (Wildman–Crippen LogP) is 5.16. The van der Waals surface area contributed by atoms with Crippen LogP contribution in [0.15, 0.2) is 54.6 Å². The van der Waals surface area contributed by atoms with E-state index in [1.54, 1.807) is 0 Å². The van der Waals surface area contributed by atoms with Gasteiger partial charge in [0.15, 0.2) is 0 Å². The van der Waals surface area contributed by atoms with Crippen LogP contribution in [0, 0.1) is 6.92 Å². The summed E-state index contributed by atoms with van der Waals surface area (Å²) in [6.45, 7) is 4.38. The topological polar surface area (TPSA) is 9.23 Å². The van der Waals surface area contributed by atoms with Gasteiger partial charge < -0.3 is 0 Å². The summed E-state index contributed by atoms with van der Waals surface area (Å²) in [5, 5.41) is 1.15. The van der Waals surface area contributed by atoms with Crippen molar-refractivity contribution < 1.29 is 4.74 Å². The zero-order valence-electron chi connectivity index (χ0n) is 14.3. The number of hydrogen-bond donors (Lipinski definition) is 0. The molecule has 0 radical (unpaired) electrons. The van der Waals surface area contributed by atoms with E-state index >= 15 is 0 Å². The molecule has 0 N–H and O–H groups in total. The molecular weight excluding hydrogens is 347 g/mol. The van der Waals surface area contributed by atoms with Crippen molar-refractivity contribution in [2.75, 3.05) is 0 Å². The Labute approximate surface area is 147 Å². The third kappa shape index (κ3) is 7.24. The van der Waals surface area contributed by atoms with E-state index in [4.69, 9.17) is 4.74 Å². The van der Waals surface area contributed by atoms with Gasteiger partial charge >= 0.3 is 147 Å². The molecular formula is C21H28OSe. The summed E-state index contributed by atoms with van der Waals surface area (Å²) in [5.74, 6) is 1.01. The SMILES string of the molecule is CCCCCCC(C[Se]c1ccccc1)Oc1ccc(C)cc1. The van der Waals surface area contributed by atoms with Crippen LogP contribution in [0.5, 0.6) is 5.75 Å². The molecule has 0 saturated carbocycles. The Bertz CT molecular complexity index is 536. The van der Waals surface area contributed by atoms with Gasteiger partial charge in [0.25, 0.3) is 0 Å². The quantitative estimate of drug-likeness (QED) is 0.412. The molecule has 0 aliphatic rings. The summed E-state index contributed by atoms with van der Waals surface area (Å²) in [4.78, 5) is 0. The average Bonchev–Trinajstić information content (AvgIpc) is 2.59. The first-order chi connectivity index (χ1) is 11.3. The van der Waals surface area contributed by atoms with E-state index in [0.29, 0.717) is 21.1 Å². The Hall–Kier alpha value is -1.24. The second kappa shape index (κ2) is 10.5. The van der Waals surface area contributed by atoms with Crippen LogP contribution < -0.4 is 9.20 Å². The van der Waals surface area contributed by atoms with Crippen molar-refractivity contribution in [1.82, 2.24) is 0 Å². The van der Waals surface area contributed by atoms with Gasteiger partial charge in [-0.3, -0.25) is 0 Å². The molecule has 2 aromatic carbocycles. The van der Waals surface area contributed by atoms with Gasteiger partial charge in [0.1, 0.15) is 0 Å². The summed E-state index contributed by atoms with van der Waals surface area (Å²) < 4.78 is 7.75. The van der Waals surface area contributed by atoms with Crippen LogP contribution >= 0.6 is 0 Å². The van der Waals surface area contributed by atoms with Crippen LogP contribution in [0.3, 0.4) is 0 Å². The standard InChI is InChI=1S/C21H28OSe/c1-3-4-5-7-10-20(17-23-21-11-8-6-9-12-21)22-19-15-13-18(2)14-16-19/h6,8-9,11-16,20H,3-5,7,10,17H2,1-2H3. The molecule has 2 heteroatoms. The summed E-state index contributed by atoms with van der Waals surface area (Å²) in [6.07, 6.45) is 6.73. The van der Waals surface area contributed by atoms with Crippen molar-refractivity contribution in [3.05, 3.63) is 60.2 Å². The molecule has 0 heterocycles. The molecule has 23 heavy (non-hydrogen) atoms. The van der Waals surface area contributed by atoms with Crippen molar-refractivity contribution in [3.8, 4) is 5.75 Å². The van der Waals surface area contributed by atoms with Gasteiger partial charge in [-0.25, -0.2) is 0 Å². The summed E-state index contributed by atoms with van der Waals surface area (Å²) in [5.41, 5.74) is 1.28. The number of aryl methyl sites for hydroxylation is 1. The number of benzene rings is 2. The average molecular weight is 375 g/mol. The summed E-state index contributed by atoms with van der Waals surface area (Å²) in [7, 11) is 0. The normalized spacial score (nSPS) is 12.1. The van der Waals surface area contributed by atoms with Gasteiger partial charge in [0, 0.05) is 0 Å². The minimum atomic E-state index is 0.342. The van der Waals surface area contributed by atoms with Gasteiger partial charge in [0.2, 0.25) is 0 Å². The second-order valence-electron chi connectivity index (χ2n) is 6.03. The third-order valence-electron chi connectivity index (χ3n) is 3.88. The van der Waals surface area contributed by atoms with E-state index in [0.717, 1.165) is 11.1 Å². The second-order valence-corrected chi connectivity index (χ2v) is 8.32. The van der Waals surface area contributed by atoms with Crippen LogP contribution in [-0.4, -0.2) is 21.1 Å². The van der Waals surface area contributed by atoms with Crippen molar-refractivity contribution in [1.29, 1.82) is 0 Å². The number of rotatable bonds is 10. The Kier molecular flexibility index (Phi) is 8.28. The summed E-state index contributed by atoms with van der Waals surface area (Å²) in [6, 6.07) is 19.3. The first kappa shape index (κ1) is 18.1. The third-order valence-corrected chi connectivity index (χ3v) is 6.28. The Morgan fingerprint density at radius 3 is 2.35 bits per heavy atom. The van der Waals surface area contributed by atoms with Gasteiger partial charge in [-0.05, 0) is 0 Å². The van der Waals surface area contributed by atoms with Crippen molar-refractivity contribution in [3.63, 3.8) is 0 Å². The predicted molar refractivity (Wildman–Crippen MR) is 101 cm³/mol. The molecule has 0 aliphatic carbocycles. The van der Waals surface area contributed by atoms with Gasteiger partial charge in [-0.2, -0.15) is 0 Å².